The van der Waals surface area contributed by atoms with E-state index in [1.165, 1.54) is 16.7 Å². The molecule has 3 nitrogen and oxygen atoms in total. The molecule has 0 saturated carbocycles. The largest absolute Gasteiger partial charge is 0.370 e. The van der Waals surface area contributed by atoms with Crippen molar-refractivity contribution in [2.45, 2.75) is 13.0 Å². The van der Waals surface area contributed by atoms with E-state index in [9.17, 15) is 0 Å². The number of guanidine groups is 1. The van der Waals surface area contributed by atoms with E-state index in [1.807, 2.05) is 6.07 Å². The van der Waals surface area contributed by atoms with Crippen LogP contribution in [0.4, 0.5) is 0 Å². The summed E-state index contributed by atoms with van der Waals surface area (Å²) in [5, 5.41) is 3.05. The zero-order valence-electron chi connectivity index (χ0n) is 11.1. The van der Waals surface area contributed by atoms with Gasteiger partial charge in [0.25, 0.3) is 0 Å². The number of rotatable bonds is 4. The molecule has 19 heavy (non-hydrogen) atoms. The predicted octanol–water partition coefficient (Wildman–Crippen LogP) is 2.31. The van der Waals surface area contributed by atoms with Gasteiger partial charge in [0.05, 0.1) is 0 Å². The molecule has 3 heteroatoms. The van der Waals surface area contributed by atoms with Crippen LogP contribution in [-0.2, 0) is 13.0 Å². The maximum atomic E-state index is 5.59. The Morgan fingerprint density at radius 1 is 0.947 bits per heavy atom. The Morgan fingerprint density at radius 3 is 2.16 bits per heavy atom. The van der Waals surface area contributed by atoms with Crippen LogP contribution in [0, 0.1) is 0 Å². The number of benzene rings is 2. The Balaban J connectivity index is 1.95. The highest BCUT2D eigenvalue weighted by molar-refractivity contribution is 5.77. The average Bonchev–Trinajstić information content (AvgIpc) is 2.47. The number of aliphatic imine (C=N–C) groups is 1. The molecule has 0 aliphatic rings. The first kappa shape index (κ1) is 13.1. The molecule has 0 amide bonds. The van der Waals surface area contributed by atoms with Crippen LogP contribution < -0.4 is 11.1 Å². The Labute approximate surface area is 114 Å². The maximum absolute atomic E-state index is 5.59. The van der Waals surface area contributed by atoms with Crippen LogP contribution in [0.3, 0.4) is 0 Å². The number of nitrogens with two attached hydrogens (primary N) is 1. The second-order valence-corrected chi connectivity index (χ2v) is 4.44. The molecular formula is C16H19N3. The van der Waals surface area contributed by atoms with Crippen molar-refractivity contribution >= 4 is 5.96 Å². The average molecular weight is 253 g/mol. The molecule has 0 aliphatic carbocycles. The summed E-state index contributed by atoms with van der Waals surface area (Å²) in [6.45, 7) is 0.703. The van der Waals surface area contributed by atoms with E-state index in [-0.39, 0.29) is 0 Å². The third kappa shape index (κ3) is 4.14. The molecule has 0 aromatic heterocycles. The molecule has 0 unspecified atom stereocenters. The lowest BCUT2D eigenvalue weighted by Crippen LogP contribution is -2.30. The van der Waals surface area contributed by atoms with Gasteiger partial charge < -0.3 is 11.1 Å². The molecule has 98 valence electrons. The standard InChI is InChI=1S/C16H19N3/c1-18-16(17)19-12-15-9-7-14(8-10-15)11-13-5-3-2-4-6-13/h2-10H,11-12H2,1H3,(H3,17,18,19). The number of hydrogen-bond acceptors (Lipinski definition) is 1. The molecule has 2 aromatic rings. The minimum Gasteiger partial charge on any atom is -0.370 e. The van der Waals surface area contributed by atoms with E-state index >= 15 is 0 Å². The summed E-state index contributed by atoms with van der Waals surface area (Å²) < 4.78 is 0. The highest BCUT2D eigenvalue weighted by Crippen LogP contribution is 2.10. The van der Waals surface area contributed by atoms with Gasteiger partial charge >= 0.3 is 0 Å². The smallest absolute Gasteiger partial charge is 0.188 e. The van der Waals surface area contributed by atoms with Gasteiger partial charge in [0.1, 0.15) is 0 Å². The second-order valence-electron chi connectivity index (χ2n) is 4.44. The van der Waals surface area contributed by atoms with Gasteiger partial charge in [-0.1, -0.05) is 54.6 Å². The van der Waals surface area contributed by atoms with Gasteiger partial charge in [-0.05, 0) is 23.1 Å². The fourth-order valence-electron chi connectivity index (χ4n) is 1.88. The van der Waals surface area contributed by atoms with Crippen LogP contribution >= 0.6 is 0 Å². The van der Waals surface area contributed by atoms with Crippen LogP contribution in [0.25, 0.3) is 0 Å². The molecule has 2 rings (SSSR count). The molecule has 0 radical (unpaired) electrons. The summed E-state index contributed by atoms with van der Waals surface area (Å²) in [5.74, 6) is 0.466. The lowest BCUT2D eigenvalue weighted by atomic mass is 10.0. The topological polar surface area (TPSA) is 50.4 Å². The zero-order valence-corrected chi connectivity index (χ0v) is 11.1. The quantitative estimate of drug-likeness (QED) is 0.649. The lowest BCUT2D eigenvalue weighted by molar-refractivity contribution is 0.899. The van der Waals surface area contributed by atoms with Crippen molar-refractivity contribution in [3.8, 4) is 0 Å². The molecule has 2 aromatic carbocycles. The molecule has 3 N–H and O–H groups in total. The minimum absolute atomic E-state index is 0.466. The van der Waals surface area contributed by atoms with Crippen LogP contribution in [0.2, 0.25) is 0 Å². The van der Waals surface area contributed by atoms with Crippen molar-refractivity contribution in [3.63, 3.8) is 0 Å². The van der Waals surface area contributed by atoms with E-state index in [2.05, 4.69) is 58.8 Å². The van der Waals surface area contributed by atoms with Crippen molar-refractivity contribution in [2.75, 3.05) is 7.05 Å². The van der Waals surface area contributed by atoms with Gasteiger partial charge in [-0.2, -0.15) is 0 Å². The van der Waals surface area contributed by atoms with E-state index in [1.54, 1.807) is 7.05 Å². The second kappa shape index (κ2) is 6.59. The first-order chi connectivity index (χ1) is 9.28. The van der Waals surface area contributed by atoms with Crippen LogP contribution in [-0.4, -0.2) is 13.0 Å². The Morgan fingerprint density at radius 2 is 1.53 bits per heavy atom. The summed E-state index contributed by atoms with van der Waals surface area (Å²) in [7, 11) is 1.67. The van der Waals surface area contributed by atoms with Gasteiger partial charge in [0.2, 0.25) is 0 Å². The molecule has 0 bridgehead atoms. The minimum atomic E-state index is 0.466. The van der Waals surface area contributed by atoms with Gasteiger partial charge in [-0.25, -0.2) is 0 Å². The SMILES string of the molecule is CN=C(N)NCc1ccc(Cc2ccccc2)cc1. The summed E-state index contributed by atoms with van der Waals surface area (Å²) in [6.07, 6.45) is 0.965. The first-order valence-electron chi connectivity index (χ1n) is 6.36. The normalized spacial score (nSPS) is 11.3. The fourth-order valence-corrected chi connectivity index (χ4v) is 1.88. The highest BCUT2D eigenvalue weighted by atomic mass is 15.1. The fraction of sp³-hybridized carbons (Fsp3) is 0.188. The highest BCUT2D eigenvalue weighted by Gasteiger charge is 1.97. The van der Waals surface area contributed by atoms with Crippen LogP contribution in [0.15, 0.2) is 59.6 Å². The Hall–Kier alpha value is -2.29. The number of nitrogens with one attached hydrogen (secondary N) is 1. The van der Waals surface area contributed by atoms with E-state index < -0.39 is 0 Å². The van der Waals surface area contributed by atoms with Crippen LogP contribution in [0.1, 0.15) is 16.7 Å². The summed E-state index contributed by atoms with van der Waals surface area (Å²) in [4.78, 5) is 3.86. The zero-order chi connectivity index (χ0) is 13.5. The molecular weight excluding hydrogens is 234 g/mol. The van der Waals surface area contributed by atoms with Crippen LogP contribution in [0.5, 0.6) is 0 Å². The van der Waals surface area contributed by atoms with E-state index in [4.69, 9.17) is 5.73 Å². The van der Waals surface area contributed by atoms with Crippen molar-refractivity contribution < 1.29 is 0 Å². The van der Waals surface area contributed by atoms with Crippen molar-refractivity contribution in [3.05, 3.63) is 71.3 Å². The Bertz CT molecular complexity index is 530. The monoisotopic (exact) mass is 253 g/mol. The molecule has 0 atom stereocenters. The van der Waals surface area contributed by atoms with Crippen molar-refractivity contribution in [1.82, 2.24) is 5.32 Å². The van der Waals surface area contributed by atoms with Crippen molar-refractivity contribution in [2.24, 2.45) is 10.7 Å². The molecule has 0 aliphatic heterocycles. The third-order valence-electron chi connectivity index (χ3n) is 2.99. The maximum Gasteiger partial charge on any atom is 0.188 e. The predicted molar refractivity (Wildman–Crippen MR) is 80.1 cm³/mol. The Kier molecular flexibility index (Phi) is 4.56. The summed E-state index contributed by atoms with van der Waals surface area (Å²) in [6, 6.07) is 19.0. The van der Waals surface area contributed by atoms with E-state index in [0.717, 1.165) is 6.42 Å². The van der Waals surface area contributed by atoms with Gasteiger partial charge in [0.15, 0.2) is 5.96 Å². The molecule has 0 spiro atoms. The number of hydrogen-bond donors (Lipinski definition) is 2. The lowest BCUT2D eigenvalue weighted by Gasteiger charge is -2.06. The van der Waals surface area contributed by atoms with E-state index in [0.29, 0.717) is 12.5 Å². The van der Waals surface area contributed by atoms with Gasteiger partial charge in [0, 0.05) is 13.6 Å². The molecule has 0 heterocycles. The van der Waals surface area contributed by atoms with Gasteiger partial charge in [-0.3, -0.25) is 4.99 Å². The summed E-state index contributed by atoms with van der Waals surface area (Å²) >= 11 is 0. The molecule has 0 saturated heterocycles. The summed E-state index contributed by atoms with van der Waals surface area (Å²) in [5.41, 5.74) is 9.43. The van der Waals surface area contributed by atoms with Gasteiger partial charge in [-0.15, -0.1) is 0 Å². The van der Waals surface area contributed by atoms with Crippen molar-refractivity contribution in [1.29, 1.82) is 0 Å². The third-order valence-corrected chi connectivity index (χ3v) is 2.99. The molecule has 0 fully saturated rings. The number of nitrogens with zero attached hydrogens (tertiary/aromatic N) is 1. The first-order valence-corrected chi connectivity index (χ1v) is 6.36.